The third-order valence-electron chi connectivity index (χ3n) is 7.65. The molecule has 0 spiro atoms. The maximum Gasteiger partial charge on any atom is 0.267 e. The maximum absolute atomic E-state index is 13.6. The van der Waals surface area contributed by atoms with Gasteiger partial charge in [-0.2, -0.15) is 0 Å². The summed E-state index contributed by atoms with van der Waals surface area (Å²) in [5.41, 5.74) is 8.02. The van der Waals surface area contributed by atoms with Crippen LogP contribution in [0.1, 0.15) is 44.6 Å². The van der Waals surface area contributed by atoms with Crippen molar-refractivity contribution in [2.75, 3.05) is 31.1 Å². The molecule has 0 aliphatic carbocycles. The molecule has 34 heavy (non-hydrogen) atoms. The lowest BCUT2D eigenvalue weighted by Crippen LogP contribution is -2.63. The zero-order valence-corrected chi connectivity index (χ0v) is 19.9. The van der Waals surface area contributed by atoms with E-state index in [-0.39, 0.29) is 11.5 Å². The molecule has 5 rings (SSSR count). The lowest BCUT2D eigenvalue weighted by Gasteiger charge is -2.48. The highest BCUT2D eigenvalue weighted by molar-refractivity contribution is 5.85. The lowest BCUT2D eigenvalue weighted by atomic mass is 9.83. The Balaban J connectivity index is 1.54. The van der Waals surface area contributed by atoms with Crippen molar-refractivity contribution in [3.05, 3.63) is 64.4 Å². The van der Waals surface area contributed by atoms with Crippen LogP contribution in [0.3, 0.4) is 0 Å². The Morgan fingerprint density at radius 3 is 2.29 bits per heavy atom. The van der Waals surface area contributed by atoms with Gasteiger partial charge < -0.3 is 10.6 Å². The zero-order valence-electron chi connectivity index (χ0n) is 19.9. The van der Waals surface area contributed by atoms with Crippen molar-refractivity contribution in [2.24, 2.45) is 5.73 Å². The van der Waals surface area contributed by atoms with Crippen LogP contribution < -0.4 is 16.2 Å². The quantitative estimate of drug-likeness (QED) is 0.633. The second kappa shape index (κ2) is 9.22. The molecule has 2 aromatic carbocycles. The van der Waals surface area contributed by atoms with Gasteiger partial charge in [-0.25, -0.2) is 9.55 Å². The number of nitrogens with zero attached hydrogens (tertiary/aromatic N) is 4. The van der Waals surface area contributed by atoms with Crippen molar-refractivity contribution < 1.29 is 4.79 Å². The Labute approximate surface area is 200 Å². The predicted molar refractivity (Wildman–Crippen MR) is 136 cm³/mol. The first-order valence-electron chi connectivity index (χ1n) is 12.4. The Morgan fingerprint density at radius 1 is 0.971 bits per heavy atom. The van der Waals surface area contributed by atoms with Crippen LogP contribution in [0.5, 0.6) is 0 Å². The number of fused-ring (bicyclic) bond motifs is 1. The Bertz CT molecular complexity index is 1240. The first-order valence-corrected chi connectivity index (χ1v) is 12.4. The first kappa shape index (κ1) is 22.6. The summed E-state index contributed by atoms with van der Waals surface area (Å²) in [4.78, 5) is 35.7. The minimum absolute atomic E-state index is 0.0763. The number of anilines is 1. The maximum atomic E-state index is 13.6. The van der Waals surface area contributed by atoms with E-state index in [1.165, 1.54) is 12.0 Å². The number of hydrogen-bond donors (Lipinski definition) is 1. The molecule has 2 saturated heterocycles. The summed E-state index contributed by atoms with van der Waals surface area (Å²) < 4.78 is 1.72. The Morgan fingerprint density at radius 2 is 1.65 bits per heavy atom. The molecule has 0 atom stereocenters. The van der Waals surface area contributed by atoms with E-state index in [2.05, 4.69) is 28.9 Å². The normalized spacial score (nSPS) is 18.8. The largest absolute Gasteiger partial charge is 0.368 e. The summed E-state index contributed by atoms with van der Waals surface area (Å²) in [5.74, 6) is 0.401. The first-order chi connectivity index (χ1) is 16.5. The summed E-state index contributed by atoms with van der Waals surface area (Å²) >= 11 is 0. The Kier molecular flexibility index (Phi) is 6.13. The van der Waals surface area contributed by atoms with E-state index in [0.717, 1.165) is 38.0 Å². The number of aryl methyl sites for hydroxylation is 1. The van der Waals surface area contributed by atoms with Crippen molar-refractivity contribution in [3.63, 3.8) is 0 Å². The van der Waals surface area contributed by atoms with Crippen molar-refractivity contribution in [1.82, 2.24) is 14.5 Å². The minimum Gasteiger partial charge on any atom is -0.368 e. The molecule has 0 radical (unpaired) electrons. The number of benzene rings is 2. The fraction of sp³-hybridized carbons (Fsp3) is 0.444. The summed E-state index contributed by atoms with van der Waals surface area (Å²) in [6.45, 7) is 5.21. The van der Waals surface area contributed by atoms with Crippen molar-refractivity contribution in [1.29, 1.82) is 0 Å². The number of carbonyl (C=O) groups is 1. The van der Waals surface area contributed by atoms with Crippen LogP contribution >= 0.6 is 0 Å². The number of aromatic nitrogens is 2. The number of hydrogen-bond acceptors (Lipinski definition) is 5. The molecular formula is C27H33N5O2. The van der Waals surface area contributed by atoms with Gasteiger partial charge in [0.15, 0.2) is 0 Å². The molecule has 178 valence electrons. The molecule has 3 heterocycles. The van der Waals surface area contributed by atoms with Gasteiger partial charge in [0.05, 0.1) is 16.6 Å². The molecule has 2 N–H and O–H groups in total. The van der Waals surface area contributed by atoms with Crippen LogP contribution in [0.4, 0.5) is 5.95 Å². The van der Waals surface area contributed by atoms with Gasteiger partial charge in [-0.15, -0.1) is 0 Å². The highest BCUT2D eigenvalue weighted by Crippen LogP contribution is 2.33. The highest BCUT2D eigenvalue weighted by Gasteiger charge is 2.45. The molecule has 0 bridgehead atoms. The molecule has 7 nitrogen and oxygen atoms in total. The van der Waals surface area contributed by atoms with Crippen LogP contribution in [0.25, 0.3) is 16.6 Å². The molecule has 2 aliphatic rings. The number of para-hydroxylation sites is 1. The molecule has 3 aromatic rings. The van der Waals surface area contributed by atoms with Gasteiger partial charge in [-0.05, 0) is 75.0 Å². The fourth-order valence-corrected chi connectivity index (χ4v) is 5.56. The van der Waals surface area contributed by atoms with Gasteiger partial charge in [-0.3, -0.25) is 14.5 Å². The number of carbonyl (C=O) groups excluding carboxylic acids is 1. The molecule has 2 fully saturated rings. The molecule has 1 amide bonds. The van der Waals surface area contributed by atoms with E-state index < -0.39 is 5.54 Å². The average Bonchev–Trinajstić information content (AvgIpc) is 2.89. The standard InChI is InChI=1S/C27H33N5O2/c1-2-20-10-12-21(13-11-20)32-24(33)22-8-4-5-9-23(22)29-26(32)30-18-14-27(15-19-30,25(28)34)31-16-6-3-7-17-31/h4-5,8-13H,2-3,6-7,14-19H2,1H3,(H2,28,34). The van der Waals surface area contributed by atoms with Crippen molar-refractivity contribution in [3.8, 4) is 5.69 Å². The van der Waals surface area contributed by atoms with Gasteiger partial charge >= 0.3 is 0 Å². The average molecular weight is 460 g/mol. The molecule has 2 aliphatic heterocycles. The van der Waals surface area contributed by atoms with E-state index in [4.69, 9.17) is 10.7 Å². The predicted octanol–water partition coefficient (Wildman–Crippen LogP) is 3.26. The van der Waals surface area contributed by atoms with Crippen molar-refractivity contribution >= 4 is 22.8 Å². The van der Waals surface area contributed by atoms with Crippen LogP contribution in [-0.2, 0) is 11.2 Å². The summed E-state index contributed by atoms with van der Waals surface area (Å²) in [5, 5.41) is 0.600. The number of piperidine rings is 2. The molecule has 7 heteroatoms. The van der Waals surface area contributed by atoms with E-state index >= 15 is 0 Å². The van der Waals surface area contributed by atoms with E-state index in [1.54, 1.807) is 4.57 Å². The minimum atomic E-state index is -0.609. The van der Waals surface area contributed by atoms with Gasteiger partial charge in [0.1, 0.15) is 5.54 Å². The number of rotatable bonds is 5. The van der Waals surface area contributed by atoms with Crippen LogP contribution in [-0.4, -0.2) is 52.1 Å². The molecule has 0 unspecified atom stereocenters. The number of likely N-dealkylation sites (tertiary alicyclic amines) is 1. The third kappa shape index (κ3) is 3.88. The van der Waals surface area contributed by atoms with E-state index in [0.29, 0.717) is 42.8 Å². The number of amides is 1. The van der Waals surface area contributed by atoms with Crippen LogP contribution in [0, 0.1) is 0 Å². The lowest BCUT2D eigenvalue weighted by molar-refractivity contribution is -0.132. The number of primary amides is 1. The molecule has 1 aromatic heterocycles. The fourth-order valence-electron chi connectivity index (χ4n) is 5.56. The van der Waals surface area contributed by atoms with Crippen LogP contribution in [0.2, 0.25) is 0 Å². The van der Waals surface area contributed by atoms with Crippen molar-refractivity contribution in [2.45, 2.75) is 51.0 Å². The SMILES string of the molecule is CCc1ccc(-n2c(N3CCC(C(N)=O)(N4CCCCC4)CC3)nc3ccccc3c2=O)cc1. The molecule has 0 saturated carbocycles. The monoisotopic (exact) mass is 459 g/mol. The second-order valence-corrected chi connectivity index (χ2v) is 9.52. The highest BCUT2D eigenvalue weighted by atomic mass is 16.2. The van der Waals surface area contributed by atoms with E-state index in [1.807, 2.05) is 36.4 Å². The third-order valence-corrected chi connectivity index (χ3v) is 7.65. The molecular weight excluding hydrogens is 426 g/mol. The smallest absolute Gasteiger partial charge is 0.267 e. The zero-order chi connectivity index (χ0) is 23.7. The van der Waals surface area contributed by atoms with Gasteiger partial charge in [-0.1, -0.05) is 37.6 Å². The summed E-state index contributed by atoms with van der Waals surface area (Å²) in [6, 6.07) is 15.6. The topological polar surface area (TPSA) is 84.5 Å². The van der Waals surface area contributed by atoms with Crippen LogP contribution in [0.15, 0.2) is 53.3 Å². The number of nitrogens with two attached hydrogens (primary N) is 1. The van der Waals surface area contributed by atoms with Gasteiger partial charge in [0, 0.05) is 13.1 Å². The van der Waals surface area contributed by atoms with E-state index in [9.17, 15) is 9.59 Å². The van der Waals surface area contributed by atoms with Gasteiger partial charge in [0.25, 0.3) is 5.56 Å². The second-order valence-electron chi connectivity index (χ2n) is 9.52. The summed E-state index contributed by atoms with van der Waals surface area (Å²) in [7, 11) is 0. The Hall–Kier alpha value is -3.19. The van der Waals surface area contributed by atoms with Gasteiger partial charge in [0.2, 0.25) is 11.9 Å². The summed E-state index contributed by atoms with van der Waals surface area (Å²) in [6.07, 6.45) is 5.65.